The topological polar surface area (TPSA) is 42.7 Å². The first-order valence-electron chi connectivity index (χ1n) is 6.35. The minimum atomic E-state index is -0.230. The van der Waals surface area contributed by atoms with Gasteiger partial charge in [0.15, 0.2) is 0 Å². The Morgan fingerprint density at radius 1 is 1.10 bits per heavy atom. The Kier molecular flexibility index (Phi) is 3.96. The molecule has 3 aromatic rings. The third-order valence-corrected chi connectivity index (χ3v) is 3.55. The Hall–Kier alpha value is -2.21. The van der Waals surface area contributed by atoms with Gasteiger partial charge in [0.25, 0.3) is 0 Å². The van der Waals surface area contributed by atoms with Crippen molar-refractivity contribution in [2.75, 3.05) is 5.32 Å². The second-order valence-electron chi connectivity index (χ2n) is 4.51. The summed E-state index contributed by atoms with van der Waals surface area (Å²) in [5, 5.41) is 10.8. The normalized spacial score (nSPS) is 10.6. The maximum Gasteiger partial charge on any atom is 0.129 e. The van der Waals surface area contributed by atoms with Crippen molar-refractivity contribution >= 4 is 21.6 Å². The molecule has 4 nitrogen and oxygen atoms in total. The number of rotatable bonds is 4. The van der Waals surface area contributed by atoms with E-state index in [2.05, 4.69) is 31.4 Å². The highest BCUT2D eigenvalue weighted by Gasteiger charge is 2.03. The molecule has 2 aromatic carbocycles. The van der Waals surface area contributed by atoms with Gasteiger partial charge >= 0.3 is 0 Å². The first-order valence-corrected chi connectivity index (χ1v) is 7.14. The van der Waals surface area contributed by atoms with Crippen LogP contribution in [0.5, 0.6) is 0 Å². The number of nitrogens with zero attached hydrogens (tertiary/aromatic N) is 3. The van der Waals surface area contributed by atoms with Gasteiger partial charge in [0.05, 0.1) is 5.69 Å². The standard InChI is InChI=1S/C15H12BrFN4/c16-12-5-4-11(15(17)6-12)8-18-13-2-1-3-14(7-13)21-9-19-20-10-21/h1-7,9-10,18H,8H2. The second kappa shape index (κ2) is 6.05. The average molecular weight is 347 g/mol. The van der Waals surface area contributed by atoms with Gasteiger partial charge in [0, 0.05) is 22.3 Å². The molecule has 0 fully saturated rings. The van der Waals surface area contributed by atoms with Crippen LogP contribution in [0.4, 0.5) is 10.1 Å². The van der Waals surface area contributed by atoms with E-state index < -0.39 is 0 Å². The van der Waals surface area contributed by atoms with Crippen molar-refractivity contribution in [3.8, 4) is 5.69 Å². The molecule has 0 bridgehead atoms. The van der Waals surface area contributed by atoms with Crippen molar-refractivity contribution in [3.05, 3.63) is 71.0 Å². The molecule has 106 valence electrons. The summed E-state index contributed by atoms with van der Waals surface area (Å²) in [5.41, 5.74) is 2.47. The molecule has 0 saturated carbocycles. The number of hydrogen-bond acceptors (Lipinski definition) is 3. The van der Waals surface area contributed by atoms with E-state index in [9.17, 15) is 4.39 Å². The molecule has 0 unspecified atom stereocenters. The summed E-state index contributed by atoms with van der Waals surface area (Å²) < 4.78 is 16.3. The number of hydrogen-bond donors (Lipinski definition) is 1. The molecule has 0 aliphatic heterocycles. The largest absolute Gasteiger partial charge is 0.381 e. The first kappa shape index (κ1) is 13.8. The number of benzene rings is 2. The fraction of sp³-hybridized carbons (Fsp3) is 0.0667. The highest BCUT2D eigenvalue weighted by Crippen LogP contribution is 2.18. The monoisotopic (exact) mass is 346 g/mol. The number of aromatic nitrogens is 3. The molecular formula is C15H12BrFN4. The average Bonchev–Trinajstić information content (AvgIpc) is 3.01. The lowest BCUT2D eigenvalue weighted by atomic mass is 10.2. The molecule has 0 saturated heterocycles. The maximum atomic E-state index is 13.8. The number of halogens is 2. The minimum absolute atomic E-state index is 0.230. The lowest BCUT2D eigenvalue weighted by Crippen LogP contribution is -2.02. The van der Waals surface area contributed by atoms with Gasteiger partial charge in [-0.2, -0.15) is 0 Å². The SMILES string of the molecule is Fc1cc(Br)ccc1CNc1cccc(-n2cnnc2)c1. The maximum absolute atomic E-state index is 13.8. The molecule has 0 aliphatic rings. The molecule has 0 amide bonds. The lowest BCUT2D eigenvalue weighted by molar-refractivity contribution is 0.612. The Morgan fingerprint density at radius 2 is 1.90 bits per heavy atom. The summed E-state index contributed by atoms with van der Waals surface area (Å²) in [6, 6.07) is 12.8. The van der Waals surface area contributed by atoms with Crippen LogP contribution in [0, 0.1) is 5.82 Å². The zero-order chi connectivity index (χ0) is 14.7. The molecular weight excluding hydrogens is 335 g/mol. The van der Waals surface area contributed by atoms with Gasteiger partial charge in [-0.1, -0.05) is 28.1 Å². The zero-order valence-corrected chi connectivity index (χ0v) is 12.6. The van der Waals surface area contributed by atoms with Gasteiger partial charge in [-0.05, 0) is 30.3 Å². The molecule has 0 atom stereocenters. The fourth-order valence-corrected chi connectivity index (χ4v) is 2.31. The summed E-state index contributed by atoms with van der Waals surface area (Å²) >= 11 is 3.25. The predicted octanol–water partition coefficient (Wildman–Crippen LogP) is 3.78. The highest BCUT2D eigenvalue weighted by molar-refractivity contribution is 9.10. The van der Waals surface area contributed by atoms with Crippen LogP contribution in [-0.4, -0.2) is 14.8 Å². The van der Waals surface area contributed by atoms with Crippen molar-refractivity contribution < 1.29 is 4.39 Å². The van der Waals surface area contributed by atoms with Gasteiger partial charge in [-0.3, -0.25) is 4.57 Å². The smallest absolute Gasteiger partial charge is 0.129 e. The van der Waals surface area contributed by atoms with E-state index in [0.717, 1.165) is 15.8 Å². The molecule has 0 spiro atoms. The van der Waals surface area contributed by atoms with Gasteiger partial charge in [0.2, 0.25) is 0 Å². The molecule has 1 heterocycles. The van der Waals surface area contributed by atoms with Gasteiger partial charge in [0.1, 0.15) is 18.5 Å². The Balaban J connectivity index is 1.75. The van der Waals surface area contributed by atoms with E-state index >= 15 is 0 Å². The van der Waals surface area contributed by atoms with Crippen molar-refractivity contribution in [3.63, 3.8) is 0 Å². The van der Waals surface area contributed by atoms with E-state index in [1.807, 2.05) is 34.9 Å². The van der Waals surface area contributed by atoms with Crippen LogP contribution in [0.2, 0.25) is 0 Å². The van der Waals surface area contributed by atoms with Crippen LogP contribution >= 0.6 is 15.9 Å². The Bertz CT molecular complexity index is 743. The van der Waals surface area contributed by atoms with E-state index in [1.54, 1.807) is 18.7 Å². The second-order valence-corrected chi connectivity index (χ2v) is 5.42. The summed E-state index contributed by atoms with van der Waals surface area (Å²) in [5.74, 6) is -0.230. The van der Waals surface area contributed by atoms with E-state index in [1.165, 1.54) is 6.07 Å². The quantitative estimate of drug-likeness (QED) is 0.781. The third kappa shape index (κ3) is 3.28. The number of anilines is 1. The van der Waals surface area contributed by atoms with Crippen LogP contribution in [0.25, 0.3) is 5.69 Å². The zero-order valence-electron chi connectivity index (χ0n) is 11.0. The molecule has 3 rings (SSSR count). The van der Waals surface area contributed by atoms with Crippen molar-refractivity contribution in [1.29, 1.82) is 0 Å². The predicted molar refractivity (Wildman–Crippen MR) is 82.8 cm³/mol. The molecule has 6 heteroatoms. The van der Waals surface area contributed by atoms with Crippen LogP contribution < -0.4 is 5.32 Å². The van der Waals surface area contributed by atoms with Crippen LogP contribution in [0.15, 0.2) is 59.6 Å². The van der Waals surface area contributed by atoms with E-state index in [4.69, 9.17) is 0 Å². The summed E-state index contributed by atoms with van der Waals surface area (Å²) in [6.45, 7) is 0.421. The van der Waals surface area contributed by atoms with Crippen molar-refractivity contribution in [2.45, 2.75) is 6.54 Å². The summed E-state index contributed by atoms with van der Waals surface area (Å²) in [4.78, 5) is 0. The van der Waals surface area contributed by atoms with Gasteiger partial charge in [-0.25, -0.2) is 4.39 Å². The summed E-state index contributed by atoms with van der Waals surface area (Å²) in [7, 11) is 0. The van der Waals surface area contributed by atoms with Crippen LogP contribution in [-0.2, 0) is 6.54 Å². The molecule has 1 aromatic heterocycles. The van der Waals surface area contributed by atoms with E-state index in [-0.39, 0.29) is 5.82 Å². The molecule has 21 heavy (non-hydrogen) atoms. The molecule has 0 radical (unpaired) electrons. The van der Waals surface area contributed by atoms with Crippen molar-refractivity contribution in [1.82, 2.24) is 14.8 Å². The molecule has 0 aliphatic carbocycles. The minimum Gasteiger partial charge on any atom is -0.381 e. The Labute approximate surface area is 129 Å². The Morgan fingerprint density at radius 3 is 2.67 bits per heavy atom. The first-order chi connectivity index (χ1) is 10.2. The third-order valence-electron chi connectivity index (χ3n) is 3.06. The van der Waals surface area contributed by atoms with E-state index in [0.29, 0.717) is 12.1 Å². The van der Waals surface area contributed by atoms with Crippen LogP contribution in [0.3, 0.4) is 0 Å². The van der Waals surface area contributed by atoms with Gasteiger partial charge < -0.3 is 5.32 Å². The fourth-order valence-electron chi connectivity index (χ4n) is 1.97. The lowest BCUT2D eigenvalue weighted by Gasteiger charge is -2.09. The summed E-state index contributed by atoms with van der Waals surface area (Å²) in [6.07, 6.45) is 3.26. The van der Waals surface area contributed by atoms with Crippen molar-refractivity contribution in [2.24, 2.45) is 0 Å². The molecule has 1 N–H and O–H groups in total. The highest BCUT2D eigenvalue weighted by atomic mass is 79.9. The van der Waals surface area contributed by atoms with Crippen LogP contribution in [0.1, 0.15) is 5.56 Å². The van der Waals surface area contributed by atoms with Gasteiger partial charge in [-0.15, -0.1) is 10.2 Å². The number of nitrogens with one attached hydrogen (secondary N) is 1.